The number of rotatable bonds is 11. The first-order valence-corrected chi connectivity index (χ1v) is 13.1. The van der Waals surface area contributed by atoms with Crippen molar-refractivity contribution in [3.05, 3.63) is 59.5 Å². The number of nitrogens with one attached hydrogen (secondary N) is 2. The normalized spacial score (nSPS) is 14.5. The first-order chi connectivity index (χ1) is 18.7. The quantitative estimate of drug-likeness (QED) is 0.310. The van der Waals surface area contributed by atoms with Gasteiger partial charge in [0.15, 0.2) is 0 Å². The summed E-state index contributed by atoms with van der Waals surface area (Å²) in [5, 5.41) is 4.07. The van der Waals surface area contributed by atoms with Crippen LogP contribution in [0.4, 0.5) is 0 Å². The van der Waals surface area contributed by atoms with Gasteiger partial charge in [-0.25, -0.2) is 9.59 Å². The summed E-state index contributed by atoms with van der Waals surface area (Å²) in [5.41, 5.74) is 2.63. The van der Waals surface area contributed by atoms with Gasteiger partial charge in [-0.1, -0.05) is 19.9 Å². The number of ether oxygens (including phenoxy) is 3. The van der Waals surface area contributed by atoms with Gasteiger partial charge in [0.25, 0.3) is 5.91 Å². The molecule has 1 unspecified atom stereocenters. The second kappa shape index (κ2) is 14.3. The van der Waals surface area contributed by atoms with Crippen molar-refractivity contribution in [1.82, 2.24) is 15.8 Å². The molecule has 2 N–H and O–H groups in total. The lowest BCUT2D eigenvalue weighted by atomic mass is 9.93. The number of benzene rings is 1. The van der Waals surface area contributed by atoms with E-state index in [4.69, 9.17) is 9.47 Å². The first kappa shape index (κ1) is 32.1. The fraction of sp³-hybridized carbons (Fsp3) is 0.483. The topological polar surface area (TPSA) is 140 Å². The zero-order chi connectivity index (χ0) is 30.0. The fourth-order valence-electron chi connectivity index (χ4n) is 3.77. The summed E-state index contributed by atoms with van der Waals surface area (Å²) >= 11 is 0. The third kappa shape index (κ3) is 10.5. The molecule has 1 aromatic carbocycles. The predicted molar refractivity (Wildman–Crippen MR) is 146 cm³/mol. The maximum absolute atomic E-state index is 12.9. The highest BCUT2D eigenvalue weighted by Crippen LogP contribution is 2.19. The van der Waals surface area contributed by atoms with Crippen molar-refractivity contribution in [2.24, 2.45) is 11.8 Å². The van der Waals surface area contributed by atoms with Gasteiger partial charge in [-0.2, -0.15) is 0 Å². The molecule has 0 radical (unpaired) electrons. The number of carbonyl (C=O) groups excluding carboxylic acids is 5. The molecular weight excluding hydrogens is 518 g/mol. The number of esters is 3. The van der Waals surface area contributed by atoms with Crippen LogP contribution in [0, 0.1) is 11.8 Å². The van der Waals surface area contributed by atoms with E-state index in [9.17, 15) is 24.0 Å². The van der Waals surface area contributed by atoms with Crippen molar-refractivity contribution in [2.75, 3.05) is 13.7 Å². The van der Waals surface area contributed by atoms with Gasteiger partial charge < -0.3 is 19.5 Å². The smallest absolute Gasteiger partial charge is 0.337 e. The van der Waals surface area contributed by atoms with Crippen LogP contribution in [0.2, 0.25) is 0 Å². The van der Waals surface area contributed by atoms with Crippen molar-refractivity contribution in [2.45, 2.75) is 66.0 Å². The second-order valence-corrected chi connectivity index (χ2v) is 10.9. The summed E-state index contributed by atoms with van der Waals surface area (Å²) in [7, 11) is 1.27. The third-order valence-corrected chi connectivity index (χ3v) is 5.57. The standard InChI is InChI=1S/C29H39N3O8/c1-18(2)15-22(16-24(33)40-29(4,5)6)25(34)30-19(3)27(36)39-23-9-8-14-32(17-23)31-26(35)20-10-12-21(13-11-20)28(37)38-7/h8-13,17-19,22H,14-16H2,1-7H3,(H,30,34)(H,31,35)/t19-,22?/m0/s1. The van der Waals surface area contributed by atoms with Gasteiger partial charge in [0.2, 0.25) is 5.91 Å². The zero-order valence-electron chi connectivity index (χ0n) is 24.1. The van der Waals surface area contributed by atoms with E-state index in [-0.39, 0.29) is 18.1 Å². The van der Waals surface area contributed by atoms with Crippen molar-refractivity contribution in [3.8, 4) is 0 Å². The molecule has 2 rings (SSSR count). The third-order valence-electron chi connectivity index (χ3n) is 5.57. The maximum atomic E-state index is 12.9. The predicted octanol–water partition coefficient (Wildman–Crippen LogP) is 3.27. The number of hydrogen-bond donors (Lipinski definition) is 2. The van der Waals surface area contributed by atoms with Crippen LogP contribution in [0.5, 0.6) is 0 Å². The molecule has 0 saturated heterocycles. The van der Waals surface area contributed by atoms with E-state index >= 15 is 0 Å². The van der Waals surface area contributed by atoms with Gasteiger partial charge in [0, 0.05) is 11.5 Å². The Balaban J connectivity index is 1.96. The Labute approximate surface area is 234 Å². The van der Waals surface area contributed by atoms with Crippen molar-refractivity contribution in [3.63, 3.8) is 0 Å². The minimum atomic E-state index is -0.992. The number of hydrogen-bond acceptors (Lipinski definition) is 9. The molecule has 40 heavy (non-hydrogen) atoms. The minimum Gasteiger partial charge on any atom is -0.465 e. The minimum absolute atomic E-state index is 0.100. The van der Waals surface area contributed by atoms with E-state index in [2.05, 4.69) is 15.5 Å². The zero-order valence-corrected chi connectivity index (χ0v) is 24.1. The molecule has 1 heterocycles. The molecule has 0 aromatic heterocycles. The van der Waals surface area contributed by atoms with Crippen LogP contribution < -0.4 is 10.7 Å². The SMILES string of the molecule is COC(=O)c1ccc(C(=O)NN2C=C(OC(=O)[C@H](C)NC(=O)C(CC(=O)OC(C)(C)C)CC(C)C)C=CC2)cc1. The first-order valence-electron chi connectivity index (χ1n) is 13.1. The number of carbonyl (C=O) groups is 5. The van der Waals surface area contributed by atoms with Gasteiger partial charge in [0.1, 0.15) is 17.4 Å². The van der Waals surface area contributed by atoms with Crippen LogP contribution in [0.25, 0.3) is 0 Å². The molecule has 11 nitrogen and oxygen atoms in total. The molecule has 218 valence electrons. The van der Waals surface area contributed by atoms with Crippen LogP contribution in [-0.4, -0.2) is 60.0 Å². The van der Waals surface area contributed by atoms with Crippen LogP contribution in [0.3, 0.4) is 0 Å². The molecule has 2 atom stereocenters. The number of hydrazine groups is 1. The van der Waals surface area contributed by atoms with Gasteiger partial charge in [-0.3, -0.25) is 24.8 Å². The number of allylic oxidation sites excluding steroid dienone is 1. The van der Waals surface area contributed by atoms with Crippen molar-refractivity contribution in [1.29, 1.82) is 0 Å². The summed E-state index contributed by atoms with van der Waals surface area (Å²) in [6.07, 6.45) is 5.05. The summed E-state index contributed by atoms with van der Waals surface area (Å²) in [6, 6.07) is 4.95. The molecule has 1 aliphatic heterocycles. The maximum Gasteiger partial charge on any atom is 0.337 e. The average Bonchev–Trinajstić information content (AvgIpc) is 2.86. The van der Waals surface area contributed by atoms with Gasteiger partial charge in [-0.15, -0.1) is 0 Å². The lowest BCUT2D eigenvalue weighted by molar-refractivity contribution is -0.157. The molecule has 0 spiro atoms. The summed E-state index contributed by atoms with van der Waals surface area (Å²) in [6.45, 7) is 11.0. The van der Waals surface area contributed by atoms with E-state index in [1.807, 2.05) is 13.8 Å². The van der Waals surface area contributed by atoms with Crippen LogP contribution >= 0.6 is 0 Å². The van der Waals surface area contributed by atoms with Crippen LogP contribution in [0.1, 0.15) is 75.1 Å². The lowest BCUT2D eigenvalue weighted by Gasteiger charge is -2.25. The Bertz CT molecular complexity index is 1150. The molecule has 1 aliphatic rings. The van der Waals surface area contributed by atoms with Gasteiger partial charge in [-0.05, 0) is 70.4 Å². The number of methoxy groups -OCH3 is 1. The van der Waals surface area contributed by atoms with E-state index in [0.29, 0.717) is 24.1 Å². The number of nitrogens with zero attached hydrogens (tertiary/aromatic N) is 1. The largest absolute Gasteiger partial charge is 0.465 e. The summed E-state index contributed by atoms with van der Waals surface area (Å²) in [4.78, 5) is 62.2. The Kier molecular flexibility index (Phi) is 11.5. The molecule has 1 aromatic rings. The monoisotopic (exact) mass is 557 g/mol. The molecule has 11 heteroatoms. The van der Waals surface area contributed by atoms with Gasteiger partial charge in [0.05, 0.1) is 31.8 Å². The van der Waals surface area contributed by atoms with E-state index < -0.39 is 47.3 Å². The Morgan fingerprint density at radius 2 is 1.62 bits per heavy atom. The Morgan fingerprint density at radius 3 is 2.20 bits per heavy atom. The van der Waals surface area contributed by atoms with Gasteiger partial charge >= 0.3 is 17.9 Å². The Hall–Kier alpha value is -4.15. The van der Waals surface area contributed by atoms with E-state index in [0.717, 1.165) is 0 Å². The average molecular weight is 558 g/mol. The highest BCUT2D eigenvalue weighted by atomic mass is 16.6. The van der Waals surface area contributed by atoms with Crippen molar-refractivity contribution >= 4 is 29.7 Å². The van der Waals surface area contributed by atoms with Crippen LogP contribution in [-0.2, 0) is 28.6 Å². The second-order valence-electron chi connectivity index (χ2n) is 10.9. The Morgan fingerprint density at radius 1 is 1.00 bits per heavy atom. The van der Waals surface area contributed by atoms with Crippen molar-refractivity contribution < 1.29 is 38.2 Å². The molecule has 0 saturated carbocycles. The highest BCUT2D eigenvalue weighted by molar-refractivity contribution is 5.96. The van der Waals surface area contributed by atoms with E-state index in [1.165, 1.54) is 49.5 Å². The molecule has 0 aliphatic carbocycles. The summed E-state index contributed by atoms with van der Waals surface area (Å²) < 4.78 is 15.4. The lowest BCUT2D eigenvalue weighted by Crippen LogP contribution is -2.44. The summed E-state index contributed by atoms with van der Waals surface area (Å²) in [5.74, 6) is -2.94. The van der Waals surface area contributed by atoms with E-state index in [1.54, 1.807) is 32.9 Å². The highest BCUT2D eigenvalue weighted by Gasteiger charge is 2.29. The number of amides is 2. The molecule has 2 amide bonds. The molecule has 0 bridgehead atoms. The van der Waals surface area contributed by atoms with Crippen LogP contribution in [0.15, 0.2) is 48.4 Å². The fourth-order valence-corrected chi connectivity index (χ4v) is 3.77. The molecular formula is C29H39N3O8. The molecule has 0 fully saturated rings.